The Kier molecular flexibility index (Phi) is 5.97. The Morgan fingerprint density at radius 1 is 1.12 bits per heavy atom. The molecule has 1 aromatic heterocycles. The second kappa shape index (κ2) is 8.89. The topological polar surface area (TPSA) is 49.9 Å². The van der Waals surface area contributed by atoms with Gasteiger partial charge in [0.05, 0.1) is 6.04 Å². The van der Waals surface area contributed by atoms with Gasteiger partial charge in [0.15, 0.2) is 0 Å². The van der Waals surface area contributed by atoms with E-state index in [9.17, 15) is 9.59 Å². The highest BCUT2D eigenvalue weighted by atomic mass is 32.1. The van der Waals surface area contributed by atoms with E-state index in [-0.39, 0.29) is 36.4 Å². The van der Waals surface area contributed by atoms with E-state index in [0.29, 0.717) is 19.1 Å². The number of carbonyl (C=O) groups excluding carboxylic acids is 2. The molecule has 2 heterocycles. The number of carbonyl (C=O) groups is 2. The van der Waals surface area contributed by atoms with Crippen LogP contribution in [0.3, 0.4) is 0 Å². The van der Waals surface area contributed by atoms with E-state index in [4.69, 9.17) is 4.74 Å². The summed E-state index contributed by atoms with van der Waals surface area (Å²) >= 11 is 1.76. The maximum Gasteiger partial charge on any atom is 0.242 e. The highest BCUT2D eigenvalue weighted by molar-refractivity contribution is 7.10. The lowest BCUT2D eigenvalue weighted by molar-refractivity contribution is -0.143. The Hall–Kier alpha value is -2.34. The number of rotatable bonds is 8. The van der Waals surface area contributed by atoms with Crippen molar-refractivity contribution in [1.29, 1.82) is 0 Å². The van der Waals surface area contributed by atoms with Crippen LogP contribution in [0.2, 0.25) is 0 Å². The van der Waals surface area contributed by atoms with Gasteiger partial charge in [0.2, 0.25) is 11.8 Å². The Labute approximate surface area is 194 Å². The molecule has 5 nitrogen and oxygen atoms in total. The number of fused-ring (bicyclic) bond motifs is 1. The second-order valence-corrected chi connectivity index (χ2v) is 10.7. The van der Waals surface area contributed by atoms with Gasteiger partial charge >= 0.3 is 0 Å². The van der Waals surface area contributed by atoms with Gasteiger partial charge in [-0.3, -0.25) is 9.59 Å². The molecule has 0 saturated heterocycles. The molecule has 2 aromatic rings. The van der Waals surface area contributed by atoms with Crippen LogP contribution in [-0.2, 0) is 16.0 Å². The molecule has 6 heteroatoms. The molecule has 32 heavy (non-hydrogen) atoms. The van der Waals surface area contributed by atoms with E-state index < -0.39 is 0 Å². The third-order valence-corrected chi connectivity index (χ3v) is 7.87. The molecule has 1 aliphatic heterocycles. The van der Waals surface area contributed by atoms with Crippen LogP contribution in [0.1, 0.15) is 67.5 Å². The van der Waals surface area contributed by atoms with E-state index in [0.717, 1.165) is 37.9 Å². The molecular weight excluding hydrogens is 420 g/mol. The molecule has 1 atom stereocenters. The summed E-state index contributed by atoms with van der Waals surface area (Å²) in [6.45, 7) is 5.68. The van der Waals surface area contributed by atoms with Crippen molar-refractivity contribution >= 4 is 23.2 Å². The molecule has 0 bridgehead atoms. The van der Waals surface area contributed by atoms with Gasteiger partial charge in [-0.25, -0.2) is 0 Å². The summed E-state index contributed by atoms with van der Waals surface area (Å²) in [5.74, 6) is 1.70. The van der Waals surface area contributed by atoms with Crippen molar-refractivity contribution in [2.45, 2.75) is 64.0 Å². The summed E-state index contributed by atoms with van der Waals surface area (Å²) in [6.07, 6.45) is 4.88. The molecule has 2 aliphatic carbocycles. The molecular formula is C26H32N2O3S. The van der Waals surface area contributed by atoms with Crippen molar-refractivity contribution < 1.29 is 14.3 Å². The highest BCUT2D eigenvalue weighted by Gasteiger charge is 2.42. The zero-order chi connectivity index (χ0) is 22.2. The van der Waals surface area contributed by atoms with Crippen LogP contribution in [0, 0.1) is 5.92 Å². The Morgan fingerprint density at radius 3 is 2.53 bits per heavy atom. The smallest absolute Gasteiger partial charge is 0.242 e. The van der Waals surface area contributed by atoms with Crippen molar-refractivity contribution in [1.82, 2.24) is 9.80 Å². The third kappa shape index (κ3) is 4.56. The lowest BCUT2D eigenvalue weighted by Crippen LogP contribution is -2.48. The lowest BCUT2D eigenvalue weighted by Gasteiger charge is -2.37. The average Bonchev–Trinajstić information content (AvgIpc) is 3.73. The van der Waals surface area contributed by atoms with E-state index in [1.165, 1.54) is 16.0 Å². The predicted octanol–water partition coefficient (Wildman–Crippen LogP) is 4.78. The van der Waals surface area contributed by atoms with Crippen LogP contribution >= 0.6 is 11.3 Å². The lowest BCUT2D eigenvalue weighted by atomic mass is 10.00. The number of ether oxygens (including phenoxy) is 1. The van der Waals surface area contributed by atoms with E-state index in [2.05, 4.69) is 37.4 Å². The van der Waals surface area contributed by atoms with Crippen LogP contribution in [0.15, 0.2) is 35.7 Å². The van der Waals surface area contributed by atoms with E-state index in [1.807, 2.05) is 21.9 Å². The van der Waals surface area contributed by atoms with Gasteiger partial charge in [0.25, 0.3) is 0 Å². The maximum atomic E-state index is 13.4. The fraction of sp³-hybridized carbons (Fsp3) is 0.538. The Balaban J connectivity index is 1.30. The molecule has 2 amide bonds. The minimum Gasteiger partial charge on any atom is -0.491 e. The van der Waals surface area contributed by atoms with Crippen LogP contribution in [0.5, 0.6) is 5.75 Å². The maximum absolute atomic E-state index is 13.4. The molecule has 1 aromatic carbocycles. The van der Waals surface area contributed by atoms with Gasteiger partial charge in [-0.1, -0.05) is 26.0 Å². The van der Waals surface area contributed by atoms with Crippen molar-refractivity contribution in [2.75, 3.05) is 19.7 Å². The zero-order valence-electron chi connectivity index (χ0n) is 19.0. The summed E-state index contributed by atoms with van der Waals surface area (Å²) in [6, 6.07) is 10.5. The molecule has 3 aliphatic rings. The first-order valence-corrected chi connectivity index (χ1v) is 12.8. The fourth-order valence-electron chi connectivity index (χ4n) is 4.57. The molecule has 2 saturated carbocycles. The molecule has 170 valence electrons. The number of amides is 2. The van der Waals surface area contributed by atoms with Crippen LogP contribution in [0.25, 0.3) is 0 Å². The Bertz CT molecular complexity index is 975. The minimum atomic E-state index is -0.112. The first-order valence-electron chi connectivity index (χ1n) is 11.9. The molecule has 2 fully saturated rings. The standard InChI is InChI=1S/C26H32N2O3S/c1-17(2)18-5-9-21(10-6-18)31-16-23-22-12-14-32-24(22)11-13-27(23)25(29)15-28(20-7-8-20)26(30)19-3-4-19/h5-6,9-10,12,14,17,19-20,23H,3-4,7-8,11,13,15-16H2,1-2H3. The monoisotopic (exact) mass is 452 g/mol. The summed E-state index contributed by atoms with van der Waals surface area (Å²) in [7, 11) is 0. The van der Waals surface area contributed by atoms with Gasteiger partial charge in [-0.05, 0) is 72.7 Å². The van der Waals surface area contributed by atoms with Crippen LogP contribution in [-0.4, -0.2) is 47.4 Å². The van der Waals surface area contributed by atoms with E-state index in [1.54, 1.807) is 11.3 Å². The first-order chi connectivity index (χ1) is 15.5. The van der Waals surface area contributed by atoms with E-state index >= 15 is 0 Å². The summed E-state index contributed by atoms with van der Waals surface area (Å²) < 4.78 is 6.18. The summed E-state index contributed by atoms with van der Waals surface area (Å²) in [5, 5.41) is 2.11. The SMILES string of the molecule is CC(C)c1ccc(OCC2c3ccsc3CCN2C(=O)CN(C(=O)C2CC2)C2CC2)cc1. The summed E-state index contributed by atoms with van der Waals surface area (Å²) in [5.41, 5.74) is 2.48. The molecule has 5 rings (SSSR count). The average molecular weight is 453 g/mol. The first kappa shape index (κ1) is 21.5. The predicted molar refractivity (Wildman–Crippen MR) is 126 cm³/mol. The molecule has 0 radical (unpaired) electrons. The molecule has 1 unspecified atom stereocenters. The number of hydrogen-bond donors (Lipinski definition) is 0. The normalized spacial score (nSPS) is 20.2. The highest BCUT2D eigenvalue weighted by Crippen LogP contribution is 2.37. The van der Waals surface area contributed by atoms with Crippen LogP contribution in [0.4, 0.5) is 0 Å². The molecule has 0 spiro atoms. The zero-order valence-corrected chi connectivity index (χ0v) is 19.8. The number of nitrogens with zero attached hydrogens (tertiary/aromatic N) is 2. The number of benzene rings is 1. The van der Waals surface area contributed by atoms with Crippen molar-refractivity contribution in [3.8, 4) is 5.75 Å². The fourth-order valence-corrected chi connectivity index (χ4v) is 5.50. The number of hydrogen-bond acceptors (Lipinski definition) is 4. The van der Waals surface area contributed by atoms with Gasteiger partial charge in [-0.2, -0.15) is 0 Å². The third-order valence-electron chi connectivity index (χ3n) is 6.87. The van der Waals surface area contributed by atoms with Gasteiger partial charge in [0.1, 0.15) is 18.9 Å². The summed E-state index contributed by atoms with van der Waals surface area (Å²) in [4.78, 5) is 31.4. The van der Waals surface area contributed by atoms with Gasteiger partial charge < -0.3 is 14.5 Å². The minimum absolute atomic E-state index is 0.0477. The number of thiophene rings is 1. The van der Waals surface area contributed by atoms with Crippen LogP contribution < -0.4 is 4.74 Å². The van der Waals surface area contributed by atoms with Gasteiger partial charge in [0, 0.05) is 23.4 Å². The Morgan fingerprint density at radius 2 is 1.88 bits per heavy atom. The molecule has 0 N–H and O–H groups in total. The largest absolute Gasteiger partial charge is 0.491 e. The quantitative estimate of drug-likeness (QED) is 0.579. The van der Waals surface area contributed by atoms with Gasteiger partial charge in [-0.15, -0.1) is 11.3 Å². The van der Waals surface area contributed by atoms with Crippen molar-refractivity contribution in [3.63, 3.8) is 0 Å². The second-order valence-electron chi connectivity index (χ2n) is 9.66. The van der Waals surface area contributed by atoms with Crippen molar-refractivity contribution in [2.24, 2.45) is 5.92 Å². The van der Waals surface area contributed by atoms with Crippen molar-refractivity contribution in [3.05, 3.63) is 51.7 Å².